The van der Waals surface area contributed by atoms with E-state index in [2.05, 4.69) is 5.16 Å². The Labute approximate surface area is 151 Å². The molecule has 1 aliphatic rings. The number of likely N-dealkylation sites (tertiary alicyclic amines) is 1. The average molecular weight is 354 g/mol. The number of hydrogen-bond donors (Lipinski definition) is 0. The highest BCUT2D eigenvalue weighted by Crippen LogP contribution is 2.38. The molecule has 1 aliphatic heterocycles. The van der Waals surface area contributed by atoms with Crippen LogP contribution in [-0.2, 0) is 0 Å². The predicted octanol–water partition coefficient (Wildman–Crippen LogP) is 4.33. The fraction of sp³-hybridized carbons (Fsp3) is 0.400. The quantitative estimate of drug-likeness (QED) is 0.700. The summed E-state index contributed by atoms with van der Waals surface area (Å²) >= 11 is 0. The summed E-state index contributed by atoms with van der Waals surface area (Å²) in [5.74, 6) is 1.80. The third-order valence-electron chi connectivity index (χ3n) is 5.28. The van der Waals surface area contributed by atoms with Gasteiger partial charge in [0.25, 0.3) is 5.91 Å². The predicted molar refractivity (Wildman–Crippen MR) is 96.5 cm³/mol. The summed E-state index contributed by atoms with van der Waals surface area (Å²) in [6.45, 7) is 6.44. The van der Waals surface area contributed by atoms with Crippen molar-refractivity contribution in [2.24, 2.45) is 0 Å². The monoisotopic (exact) mass is 354 g/mol. The highest BCUT2D eigenvalue weighted by molar-refractivity contribution is 5.99. The Morgan fingerprint density at radius 2 is 2.12 bits per heavy atom. The Kier molecular flexibility index (Phi) is 3.98. The molecule has 136 valence electrons. The molecular weight excluding hydrogens is 332 g/mol. The second kappa shape index (κ2) is 6.20. The maximum atomic E-state index is 13.3. The molecule has 0 unspecified atom stereocenters. The lowest BCUT2D eigenvalue weighted by molar-refractivity contribution is 0.0703. The van der Waals surface area contributed by atoms with E-state index in [0.717, 1.165) is 40.8 Å². The molecule has 0 bridgehead atoms. The second-order valence-electron chi connectivity index (χ2n) is 6.81. The van der Waals surface area contributed by atoms with E-state index in [0.29, 0.717) is 23.6 Å². The van der Waals surface area contributed by atoms with Crippen LogP contribution in [0.3, 0.4) is 0 Å². The number of aromatic nitrogens is 1. The second-order valence-corrected chi connectivity index (χ2v) is 6.81. The zero-order chi connectivity index (χ0) is 18.4. The number of aryl methyl sites for hydroxylation is 3. The molecule has 2 aromatic heterocycles. The van der Waals surface area contributed by atoms with Gasteiger partial charge in [0.15, 0.2) is 5.76 Å². The summed E-state index contributed by atoms with van der Waals surface area (Å²) < 4.78 is 16.5. The third kappa shape index (κ3) is 2.48. The molecule has 0 N–H and O–H groups in total. The van der Waals surface area contributed by atoms with E-state index >= 15 is 0 Å². The number of benzene rings is 1. The fourth-order valence-electron chi connectivity index (χ4n) is 3.94. The molecule has 1 aromatic carbocycles. The van der Waals surface area contributed by atoms with Gasteiger partial charge in [-0.1, -0.05) is 5.16 Å². The Bertz CT molecular complexity index is 966. The first-order valence-electron chi connectivity index (χ1n) is 8.82. The number of amides is 1. The molecule has 3 heterocycles. The first kappa shape index (κ1) is 16.7. The Morgan fingerprint density at radius 1 is 1.31 bits per heavy atom. The largest absolute Gasteiger partial charge is 0.497 e. The Morgan fingerprint density at radius 3 is 2.81 bits per heavy atom. The average Bonchev–Trinajstić information content (AvgIpc) is 3.32. The van der Waals surface area contributed by atoms with E-state index in [1.807, 2.05) is 43.9 Å². The van der Waals surface area contributed by atoms with Gasteiger partial charge in [-0.05, 0) is 45.7 Å². The number of hydrogen-bond acceptors (Lipinski definition) is 5. The van der Waals surface area contributed by atoms with Crippen molar-refractivity contribution in [1.29, 1.82) is 0 Å². The maximum Gasteiger partial charge on any atom is 0.290 e. The molecule has 1 amide bonds. The summed E-state index contributed by atoms with van der Waals surface area (Å²) in [6.07, 6.45) is 1.86. The van der Waals surface area contributed by atoms with E-state index in [1.165, 1.54) is 0 Å². The molecule has 1 fully saturated rings. The summed E-state index contributed by atoms with van der Waals surface area (Å²) in [6, 6.07) is 5.60. The number of carbonyl (C=O) groups excluding carboxylic acids is 1. The van der Waals surface area contributed by atoms with Crippen LogP contribution >= 0.6 is 0 Å². The van der Waals surface area contributed by atoms with Gasteiger partial charge < -0.3 is 18.6 Å². The van der Waals surface area contributed by atoms with Crippen molar-refractivity contribution < 1.29 is 18.5 Å². The van der Waals surface area contributed by atoms with Crippen molar-refractivity contribution in [3.05, 3.63) is 46.5 Å². The third-order valence-corrected chi connectivity index (χ3v) is 5.28. The lowest BCUT2D eigenvalue weighted by atomic mass is 10.0. The first-order valence-corrected chi connectivity index (χ1v) is 8.82. The SMILES string of the molecule is COc1ccc2c(C)c(C(=O)N3CCC[C@H]3c3c(C)noc3C)oc2c1. The summed E-state index contributed by atoms with van der Waals surface area (Å²) in [5, 5.41) is 4.98. The lowest BCUT2D eigenvalue weighted by Crippen LogP contribution is -2.31. The Hall–Kier alpha value is -2.76. The van der Waals surface area contributed by atoms with Crippen molar-refractivity contribution in [3.63, 3.8) is 0 Å². The normalized spacial score (nSPS) is 17.2. The summed E-state index contributed by atoms with van der Waals surface area (Å²) in [4.78, 5) is 15.2. The van der Waals surface area contributed by atoms with Gasteiger partial charge in [-0.3, -0.25) is 4.79 Å². The van der Waals surface area contributed by atoms with Gasteiger partial charge in [-0.2, -0.15) is 0 Å². The highest BCUT2D eigenvalue weighted by Gasteiger charge is 2.36. The molecule has 1 atom stereocenters. The van der Waals surface area contributed by atoms with Crippen molar-refractivity contribution in [2.45, 2.75) is 39.7 Å². The van der Waals surface area contributed by atoms with Gasteiger partial charge >= 0.3 is 0 Å². The molecule has 0 saturated carbocycles. The van der Waals surface area contributed by atoms with Crippen molar-refractivity contribution in [3.8, 4) is 5.75 Å². The number of nitrogens with zero attached hydrogens (tertiary/aromatic N) is 2. The van der Waals surface area contributed by atoms with Crippen molar-refractivity contribution in [2.75, 3.05) is 13.7 Å². The zero-order valence-corrected chi connectivity index (χ0v) is 15.5. The Balaban J connectivity index is 1.73. The highest BCUT2D eigenvalue weighted by atomic mass is 16.5. The molecule has 4 rings (SSSR count). The molecule has 0 radical (unpaired) electrons. The van der Waals surface area contributed by atoms with Gasteiger partial charge in [-0.15, -0.1) is 0 Å². The van der Waals surface area contributed by atoms with Crippen LogP contribution in [-0.4, -0.2) is 29.6 Å². The van der Waals surface area contributed by atoms with Crippen LogP contribution in [0.5, 0.6) is 5.75 Å². The smallest absolute Gasteiger partial charge is 0.290 e. The first-order chi connectivity index (χ1) is 12.5. The minimum absolute atomic E-state index is 0.0177. The number of rotatable bonds is 3. The van der Waals surface area contributed by atoms with E-state index in [9.17, 15) is 4.79 Å². The number of furan rings is 1. The fourth-order valence-corrected chi connectivity index (χ4v) is 3.94. The zero-order valence-electron chi connectivity index (χ0n) is 15.5. The lowest BCUT2D eigenvalue weighted by Gasteiger charge is -2.24. The molecule has 1 saturated heterocycles. The van der Waals surface area contributed by atoms with Gasteiger partial charge in [0, 0.05) is 29.1 Å². The van der Waals surface area contributed by atoms with Crippen LogP contribution in [0.2, 0.25) is 0 Å². The van der Waals surface area contributed by atoms with Crippen LogP contribution in [0.15, 0.2) is 27.1 Å². The standard InChI is InChI=1S/C20H22N2O4/c1-11-15-8-7-14(24-4)10-17(15)25-19(11)20(23)22-9-5-6-16(22)18-12(2)21-26-13(18)3/h7-8,10,16H,5-6,9H2,1-4H3/t16-/m0/s1. The van der Waals surface area contributed by atoms with Crippen LogP contribution < -0.4 is 4.74 Å². The minimum Gasteiger partial charge on any atom is -0.497 e. The van der Waals surface area contributed by atoms with Gasteiger partial charge in [-0.25, -0.2) is 0 Å². The molecule has 3 aromatic rings. The summed E-state index contributed by atoms with van der Waals surface area (Å²) in [7, 11) is 1.61. The topological polar surface area (TPSA) is 68.7 Å². The molecule has 0 spiro atoms. The van der Waals surface area contributed by atoms with Crippen LogP contribution in [0.1, 0.15) is 52.0 Å². The van der Waals surface area contributed by atoms with Crippen molar-refractivity contribution >= 4 is 16.9 Å². The van der Waals surface area contributed by atoms with Crippen LogP contribution in [0.4, 0.5) is 0 Å². The van der Waals surface area contributed by atoms with Crippen LogP contribution in [0.25, 0.3) is 11.0 Å². The number of methoxy groups -OCH3 is 1. The van der Waals surface area contributed by atoms with E-state index in [-0.39, 0.29) is 11.9 Å². The summed E-state index contributed by atoms with van der Waals surface area (Å²) in [5.41, 5.74) is 3.39. The van der Waals surface area contributed by atoms with E-state index in [4.69, 9.17) is 13.7 Å². The number of carbonyl (C=O) groups is 1. The molecule has 6 nitrogen and oxygen atoms in total. The maximum absolute atomic E-state index is 13.3. The van der Waals surface area contributed by atoms with Crippen molar-refractivity contribution in [1.82, 2.24) is 10.1 Å². The van der Waals surface area contributed by atoms with Gasteiger partial charge in [0.1, 0.15) is 17.1 Å². The van der Waals surface area contributed by atoms with Gasteiger partial charge in [0.05, 0.1) is 18.8 Å². The van der Waals surface area contributed by atoms with E-state index < -0.39 is 0 Å². The number of ether oxygens (including phenoxy) is 1. The van der Waals surface area contributed by atoms with Gasteiger partial charge in [0.2, 0.25) is 0 Å². The van der Waals surface area contributed by atoms with E-state index in [1.54, 1.807) is 7.11 Å². The molecule has 6 heteroatoms. The van der Waals surface area contributed by atoms with Crippen LogP contribution in [0, 0.1) is 20.8 Å². The molecule has 0 aliphatic carbocycles. The molecular formula is C20H22N2O4. The molecule has 26 heavy (non-hydrogen) atoms. The number of fused-ring (bicyclic) bond motifs is 1. The minimum atomic E-state index is -0.0832.